The average molecular weight is 384 g/mol. The van der Waals surface area contributed by atoms with E-state index in [4.69, 9.17) is 0 Å². The van der Waals surface area contributed by atoms with E-state index in [0.717, 1.165) is 35.3 Å². The average Bonchev–Trinajstić information content (AvgIpc) is 3.13. The molecule has 1 fully saturated rings. The van der Waals surface area contributed by atoms with E-state index in [0.29, 0.717) is 29.3 Å². The Balaban J connectivity index is 1.56. The van der Waals surface area contributed by atoms with E-state index >= 15 is 0 Å². The van der Waals surface area contributed by atoms with Gasteiger partial charge in [-0.2, -0.15) is 0 Å². The molecular weight excluding hydrogens is 358 g/mol. The predicted molar refractivity (Wildman–Crippen MR) is 110 cm³/mol. The summed E-state index contributed by atoms with van der Waals surface area (Å²) in [6, 6.07) is 6.77. The van der Waals surface area contributed by atoms with E-state index in [1.165, 1.54) is 17.8 Å². The van der Waals surface area contributed by atoms with Gasteiger partial charge in [-0.1, -0.05) is 6.07 Å². The number of hydrogen-bond donors (Lipinski definition) is 2. The first-order valence-electron chi connectivity index (χ1n) is 9.44. The monoisotopic (exact) mass is 383 g/mol. The molecule has 1 aromatic carbocycles. The molecule has 0 bridgehead atoms. The minimum Gasteiger partial charge on any atom is -0.506 e. The van der Waals surface area contributed by atoms with Gasteiger partial charge in [0.15, 0.2) is 0 Å². The van der Waals surface area contributed by atoms with Crippen molar-refractivity contribution in [1.82, 2.24) is 20.1 Å². The summed E-state index contributed by atoms with van der Waals surface area (Å²) in [5.74, 6) is 0.811. The maximum atomic E-state index is 10.6. The molecule has 4 rings (SSSR count). The Bertz CT molecular complexity index is 955. The summed E-state index contributed by atoms with van der Waals surface area (Å²) >= 11 is 1.52. The second-order valence-electron chi connectivity index (χ2n) is 7.44. The zero-order valence-corrected chi connectivity index (χ0v) is 16.8. The Labute approximate surface area is 163 Å². The number of nitrogens with one attached hydrogen (secondary N) is 1. The summed E-state index contributed by atoms with van der Waals surface area (Å²) in [5, 5.41) is 25.7. The van der Waals surface area contributed by atoms with Crippen molar-refractivity contribution in [2.75, 3.05) is 18.4 Å². The highest BCUT2D eigenvalue weighted by molar-refractivity contribution is 7.17. The maximum absolute atomic E-state index is 10.6. The lowest BCUT2D eigenvalue weighted by atomic mass is 10.0. The largest absolute Gasteiger partial charge is 0.506 e. The van der Waals surface area contributed by atoms with Crippen molar-refractivity contribution in [3.8, 4) is 17.0 Å². The van der Waals surface area contributed by atoms with Crippen LogP contribution in [0, 0.1) is 6.92 Å². The molecule has 1 saturated heterocycles. The van der Waals surface area contributed by atoms with Gasteiger partial charge in [0.1, 0.15) is 11.4 Å². The Morgan fingerprint density at radius 3 is 2.89 bits per heavy atom. The van der Waals surface area contributed by atoms with Crippen molar-refractivity contribution in [1.29, 1.82) is 0 Å². The number of phenolic OH excluding ortho intramolecular Hbond substituents is 1. The molecule has 2 N–H and O–H groups in total. The van der Waals surface area contributed by atoms with Crippen LogP contribution in [0.3, 0.4) is 0 Å². The third kappa shape index (κ3) is 3.61. The Morgan fingerprint density at radius 2 is 2.11 bits per heavy atom. The summed E-state index contributed by atoms with van der Waals surface area (Å²) in [5.41, 5.74) is 2.06. The molecule has 3 heterocycles. The number of anilines is 1. The number of piperidine rings is 1. The van der Waals surface area contributed by atoms with E-state index < -0.39 is 0 Å². The Kier molecular flexibility index (Phi) is 4.97. The van der Waals surface area contributed by atoms with Gasteiger partial charge in [-0.25, -0.2) is 4.98 Å². The van der Waals surface area contributed by atoms with E-state index in [-0.39, 0.29) is 5.75 Å². The summed E-state index contributed by atoms with van der Waals surface area (Å²) in [6.45, 7) is 8.52. The number of likely N-dealkylation sites (tertiary alicyclic amines) is 1. The lowest BCUT2D eigenvalue weighted by molar-refractivity contribution is 0.174. The van der Waals surface area contributed by atoms with Crippen LogP contribution in [0.4, 0.5) is 5.95 Å². The number of fused-ring (bicyclic) bond motifs is 1. The fourth-order valence-corrected chi connectivity index (χ4v) is 4.54. The topological polar surface area (TPSA) is 74.2 Å². The van der Waals surface area contributed by atoms with E-state index in [2.05, 4.69) is 39.2 Å². The number of nitrogens with zero attached hydrogens (tertiary/aromatic N) is 4. The van der Waals surface area contributed by atoms with Crippen LogP contribution in [0.5, 0.6) is 5.75 Å². The van der Waals surface area contributed by atoms with Gasteiger partial charge in [0.2, 0.25) is 5.95 Å². The molecule has 27 heavy (non-hydrogen) atoms. The van der Waals surface area contributed by atoms with Crippen molar-refractivity contribution in [3.05, 3.63) is 29.3 Å². The molecule has 7 heteroatoms. The second kappa shape index (κ2) is 7.40. The first-order valence-corrected chi connectivity index (χ1v) is 10.3. The van der Waals surface area contributed by atoms with Crippen LogP contribution in [0.1, 0.15) is 32.4 Å². The molecule has 2 aromatic heterocycles. The van der Waals surface area contributed by atoms with E-state index in [9.17, 15) is 5.11 Å². The SMILES string of the molecule is Cc1nc(N[C@@H]2CCCN(C(C)C)C2)nnc1-c1ccc2ccsc2c1O. The minimum atomic E-state index is 0.252. The van der Waals surface area contributed by atoms with Crippen molar-refractivity contribution >= 4 is 27.4 Å². The van der Waals surface area contributed by atoms with Gasteiger partial charge < -0.3 is 10.4 Å². The number of aryl methyl sites for hydroxylation is 1. The number of thiophene rings is 1. The smallest absolute Gasteiger partial charge is 0.243 e. The summed E-state index contributed by atoms with van der Waals surface area (Å²) in [6.07, 6.45) is 2.29. The third-order valence-corrected chi connectivity index (χ3v) is 6.16. The van der Waals surface area contributed by atoms with E-state index in [1.54, 1.807) is 0 Å². The number of benzene rings is 1. The zero-order valence-electron chi connectivity index (χ0n) is 15.9. The fraction of sp³-hybridized carbons (Fsp3) is 0.450. The lowest BCUT2D eigenvalue weighted by Crippen LogP contribution is -2.45. The molecule has 0 saturated carbocycles. The van der Waals surface area contributed by atoms with Crippen LogP contribution in [-0.4, -0.2) is 50.4 Å². The van der Waals surface area contributed by atoms with Gasteiger partial charge in [0.25, 0.3) is 0 Å². The first kappa shape index (κ1) is 18.1. The minimum absolute atomic E-state index is 0.252. The Morgan fingerprint density at radius 1 is 1.26 bits per heavy atom. The summed E-state index contributed by atoms with van der Waals surface area (Å²) < 4.78 is 0.867. The molecule has 0 amide bonds. The van der Waals surface area contributed by atoms with Gasteiger partial charge in [-0.15, -0.1) is 21.5 Å². The molecule has 6 nitrogen and oxygen atoms in total. The standard InChI is InChI=1S/C20H25N5OS/c1-12(2)25-9-4-5-15(11-25)22-20-21-13(3)17(23-24-20)16-7-6-14-8-10-27-19(14)18(16)26/h6-8,10,12,15,26H,4-5,9,11H2,1-3H3,(H,21,22,24)/t15-/m1/s1. The number of phenols is 1. The normalized spacial score (nSPS) is 18.3. The number of aromatic nitrogens is 3. The molecule has 0 radical (unpaired) electrons. The van der Waals surface area contributed by atoms with E-state index in [1.807, 2.05) is 30.5 Å². The number of rotatable bonds is 4. The van der Waals surface area contributed by atoms with Crippen LogP contribution in [-0.2, 0) is 0 Å². The lowest BCUT2D eigenvalue weighted by Gasteiger charge is -2.35. The van der Waals surface area contributed by atoms with Crippen LogP contribution in [0.2, 0.25) is 0 Å². The molecule has 1 aliphatic heterocycles. The highest BCUT2D eigenvalue weighted by Crippen LogP contribution is 2.38. The van der Waals surface area contributed by atoms with Crippen LogP contribution < -0.4 is 5.32 Å². The van der Waals surface area contributed by atoms with Gasteiger partial charge in [-0.05, 0) is 63.1 Å². The van der Waals surface area contributed by atoms with Crippen molar-refractivity contribution in [2.45, 2.75) is 45.7 Å². The summed E-state index contributed by atoms with van der Waals surface area (Å²) in [4.78, 5) is 7.09. The molecule has 3 aromatic rings. The van der Waals surface area contributed by atoms with Crippen LogP contribution in [0.15, 0.2) is 23.6 Å². The maximum Gasteiger partial charge on any atom is 0.243 e. The molecule has 0 unspecified atom stereocenters. The predicted octanol–water partition coefficient (Wildman–Crippen LogP) is 4.05. The highest BCUT2D eigenvalue weighted by Gasteiger charge is 2.23. The van der Waals surface area contributed by atoms with Gasteiger partial charge in [0.05, 0.1) is 10.4 Å². The summed E-state index contributed by atoms with van der Waals surface area (Å²) in [7, 11) is 0. The number of hydrogen-bond acceptors (Lipinski definition) is 7. The first-order chi connectivity index (χ1) is 13.0. The van der Waals surface area contributed by atoms with Gasteiger partial charge in [-0.3, -0.25) is 4.90 Å². The molecule has 1 aliphatic rings. The highest BCUT2D eigenvalue weighted by atomic mass is 32.1. The Hall–Kier alpha value is -2.25. The van der Waals surface area contributed by atoms with Crippen molar-refractivity contribution < 1.29 is 5.11 Å². The van der Waals surface area contributed by atoms with Crippen LogP contribution in [0.25, 0.3) is 21.3 Å². The van der Waals surface area contributed by atoms with Gasteiger partial charge >= 0.3 is 0 Å². The van der Waals surface area contributed by atoms with Crippen LogP contribution >= 0.6 is 11.3 Å². The fourth-order valence-electron chi connectivity index (χ4n) is 3.70. The van der Waals surface area contributed by atoms with Gasteiger partial charge in [0, 0.05) is 24.2 Å². The molecular formula is C20H25N5OS. The zero-order chi connectivity index (χ0) is 19.0. The third-order valence-electron chi connectivity index (χ3n) is 5.23. The quantitative estimate of drug-likeness (QED) is 0.708. The molecule has 0 aliphatic carbocycles. The van der Waals surface area contributed by atoms with Crippen molar-refractivity contribution in [3.63, 3.8) is 0 Å². The molecule has 1 atom stereocenters. The molecule has 0 spiro atoms. The molecule has 142 valence electrons. The number of aromatic hydroxyl groups is 1. The second-order valence-corrected chi connectivity index (χ2v) is 8.36. The van der Waals surface area contributed by atoms with Crippen molar-refractivity contribution in [2.24, 2.45) is 0 Å².